The predicted molar refractivity (Wildman–Crippen MR) is 76.9 cm³/mol. The summed E-state index contributed by atoms with van der Waals surface area (Å²) in [6, 6.07) is 6.90. The quantitative estimate of drug-likeness (QED) is 0.834. The van der Waals surface area contributed by atoms with Crippen molar-refractivity contribution in [2.24, 2.45) is 0 Å². The fourth-order valence-corrected chi connectivity index (χ4v) is 2.37. The lowest BCUT2D eigenvalue weighted by Gasteiger charge is -2.29. The lowest BCUT2D eigenvalue weighted by atomic mass is 10.1. The van der Waals surface area contributed by atoms with Gasteiger partial charge in [-0.05, 0) is 31.2 Å². The van der Waals surface area contributed by atoms with Crippen LogP contribution in [0.3, 0.4) is 0 Å². The fourth-order valence-electron chi connectivity index (χ4n) is 2.37. The van der Waals surface area contributed by atoms with E-state index >= 15 is 0 Å². The SMILES string of the molecule is CN(CCc1cccc(F)c1)CCN1CCNCC1. The predicted octanol–water partition coefficient (Wildman–Crippen LogP) is 1.21. The average Bonchev–Trinajstić information content (AvgIpc) is 2.44. The molecule has 0 atom stereocenters. The number of likely N-dealkylation sites (N-methyl/N-ethyl adjacent to an activating group) is 1. The van der Waals surface area contributed by atoms with Gasteiger partial charge < -0.3 is 10.2 Å². The van der Waals surface area contributed by atoms with E-state index in [2.05, 4.69) is 22.2 Å². The highest BCUT2D eigenvalue weighted by Crippen LogP contribution is 2.05. The zero-order valence-corrected chi connectivity index (χ0v) is 11.7. The van der Waals surface area contributed by atoms with Crippen LogP contribution in [0.1, 0.15) is 5.56 Å². The van der Waals surface area contributed by atoms with Gasteiger partial charge in [0.15, 0.2) is 0 Å². The molecule has 0 radical (unpaired) electrons. The zero-order valence-electron chi connectivity index (χ0n) is 11.7. The molecular formula is C15H24FN3. The van der Waals surface area contributed by atoms with Crippen LogP contribution in [-0.4, -0.2) is 62.7 Å². The third-order valence-corrected chi connectivity index (χ3v) is 3.68. The molecule has 3 nitrogen and oxygen atoms in total. The van der Waals surface area contributed by atoms with E-state index in [-0.39, 0.29) is 5.82 Å². The Hall–Kier alpha value is -0.970. The number of rotatable bonds is 6. The first-order valence-corrected chi connectivity index (χ1v) is 7.10. The lowest BCUT2D eigenvalue weighted by molar-refractivity contribution is 0.206. The van der Waals surface area contributed by atoms with Gasteiger partial charge in [-0.1, -0.05) is 12.1 Å². The van der Waals surface area contributed by atoms with Gasteiger partial charge in [-0.2, -0.15) is 0 Å². The van der Waals surface area contributed by atoms with Crippen LogP contribution in [0, 0.1) is 5.82 Å². The highest BCUT2D eigenvalue weighted by Gasteiger charge is 2.09. The van der Waals surface area contributed by atoms with Gasteiger partial charge in [0.25, 0.3) is 0 Å². The molecule has 1 fully saturated rings. The third kappa shape index (κ3) is 5.27. The molecule has 1 heterocycles. The molecule has 1 aliphatic rings. The summed E-state index contributed by atoms with van der Waals surface area (Å²) in [5.41, 5.74) is 1.08. The maximum atomic E-state index is 13.1. The van der Waals surface area contributed by atoms with Crippen LogP contribution in [0.25, 0.3) is 0 Å². The number of hydrogen-bond acceptors (Lipinski definition) is 3. The molecule has 0 bridgehead atoms. The standard InChI is InChI=1S/C15H24FN3/c1-18(11-12-19-9-6-17-7-10-19)8-5-14-3-2-4-15(16)13-14/h2-4,13,17H,5-12H2,1H3. The van der Waals surface area contributed by atoms with E-state index in [9.17, 15) is 4.39 Å². The van der Waals surface area contributed by atoms with E-state index in [1.54, 1.807) is 12.1 Å². The van der Waals surface area contributed by atoms with Crippen LogP contribution < -0.4 is 5.32 Å². The van der Waals surface area contributed by atoms with Gasteiger partial charge in [0, 0.05) is 45.8 Å². The van der Waals surface area contributed by atoms with Crippen molar-refractivity contribution in [3.8, 4) is 0 Å². The van der Waals surface area contributed by atoms with Crippen LogP contribution in [0.4, 0.5) is 4.39 Å². The highest BCUT2D eigenvalue weighted by atomic mass is 19.1. The smallest absolute Gasteiger partial charge is 0.123 e. The molecule has 106 valence electrons. The molecule has 1 aromatic rings. The number of nitrogens with one attached hydrogen (secondary N) is 1. The fraction of sp³-hybridized carbons (Fsp3) is 0.600. The largest absolute Gasteiger partial charge is 0.314 e. The van der Waals surface area contributed by atoms with Crippen molar-refractivity contribution in [3.05, 3.63) is 35.6 Å². The summed E-state index contributed by atoms with van der Waals surface area (Å²) in [4.78, 5) is 4.82. The Labute approximate surface area is 115 Å². The van der Waals surface area contributed by atoms with E-state index < -0.39 is 0 Å². The number of halogens is 1. The Morgan fingerprint density at radius 2 is 2.05 bits per heavy atom. The van der Waals surface area contributed by atoms with Crippen molar-refractivity contribution in [1.29, 1.82) is 0 Å². The van der Waals surface area contributed by atoms with Gasteiger partial charge in [-0.15, -0.1) is 0 Å². The van der Waals surface area contributed by atoms with Crippen molar-refractivity contribution in [2.45, 2.75) is 6.42 Å². The monoisotopic (exact) mass is 265 g/mol. The molecule has 0 amide bonds. The topological polar surface area (TPSA) is 18.5 Å². The molecule has 1 aliphatic heterocycles. The summed E-state index contributed by atoms with van der Waals surface area (Å²) in [7, 11) is 2.14. The molecule has 0 aromatic heterocycles. The van der Waals surface area contributed by atoms with Crippen LogP contribution in [0.5, 0.6) is 0 Å². The summed E-state index contributed by atoms with van der Waals surface area (Å²) in [6.45, 7) is 7.70. The summed E-state index contributed by atoms with van der Waals surface area (Å²) in [5.74, 6) is -0.138. The second-order valence-electron chi connectivity index (χ2n) is 5.27. The van der Waals surface area contributed by atoms with Crippen molar-refractivity contribution >= 4 is 0 Å². The van der Waals surface area contributed by atoms with Crippen molar-refractivity contribution in [1.82, 2.24) is 15.1 Å². The molecule has 19 heavy (non-hydrogen) atoms. The number of benzene rings is 1. The van der Waals surface area contributed by atoms with Crippen LogP contribution in [0.2, 0.25) is 0 Å². The lowest BCUT2D eigenvalue weighted by Crippen LogP contribution is -2.46. The molecule has 0 unspecified atom stereocenters. The normalized spacial score (nSPS) is 17.0. The van der Waals surface area contributed by atoms with Crippen LogP contribution >= 0.6 is 0 Å². The summed E-state index contributed by atoms with van der Waals surface area (Å²) in [5, 5.41) is 3.36. The number of piperazine rings is 1. The second-order valence-corrected chi connectivity index (χ2v) is 5.27. The van der Waals surface area contributed by atoms with E-state index in [0.29, 0.717) is 0 Å². The first-order valence-electron chi connectivity index (χ1n) is 7.10. The molecule has 1 aromatic carbocycles. The van der Waals surface area contributed by atoms with Gasteiger partial charge >= 0.3 is 0 Å². The zero-order chi connectivity index (χ0) is 13.5. The van der Waals surface area contributed by atoms with E-state index in [0.717, 1.165) is 57.8 Å². The van der Waals surface area contributed by atoms with Crippen molar-refractivity contribution < 1.29 is 4.39 Å². The molecule has 1 saturated heterocycles. The van der Waals surface area contributed by atoms with Gasteiger partial charge in [0.05, 0.1) is 0 Å². The average molecular weight is 265 g/mol. The molecular weight excluding hydrogens is 241 g/mol. The maximum Gasteiger partial charge on any atom is 0.123 e. The van der Waals surface area contributed by atoms with Gasteiger partial charge in [-0.25, -0.2) is 4.39 Å². The van der Waals surface area contributed by atoms with Gasteiger partial charge in [0.1, 0.15) is 5.82 Å². The number of hydrogen-bond donors (Lipinski definition) is 1. The first kappa shape index (κ1) is 14.4. The summed E-state index contributed by atoms with van der Waals surface area (Å²) < 4.78 is 13.1. The van der Waals surface area contributed by atoms with Gasteiger partial charge in [-0.3, -0.25) is 4.90 Å². The summed E-state index contributed by atoms with van der Waals surface area (Å²) in [6.07, 6.45) is 0.913. The summed E-state index contributed by atoms with van der Waals surface area (Å²) >= 11 is 0. The maximum absolute atomic E-state index is 13.1. The molecule has 0 saturated carbocycles. The highest BCUT2D eigenvalue weighted by molar-refractivity contribution is 5.16. The Morgan fingerprint density at radius 3 is 2.79 bits per heavy atom. The molecule has 0 aliphatic carbocycles. The minimum atomic E-state index is -0.138. The minimum absolute atomic E-state index is 0.138. The molecule has 2 rings (SSSR count). The third-order valence-electron chi connectivity index (χ3n) is 3.68. The minimum Gasteiger partial charge on any atom is -0.314 e. The van der Waals surface area contributed by atoms with Crippen molar-refractivity contribution in [3.63, 3.8) is 0 Å². The molecule has 0 spiro atoms. The van der Waals surface area contributed by atoms with Crippen molar-refractivity contribution in [2.75, 3.05) is 52.9 Å². The Kier molecular flexibility index (Phi) is 5.76. The van der Waals surface area contributed by atoms with E-state index in [1.165, 1.54) is 6.07 Å². The van der Waals surface area contributed by atoms with Crippen LogP contribution in [-0.2, 0) is 6.42 Å². The molecule has 1 N–H and O–H groups in total. The Bertz CT molecular complexity index is 377. The first-order chi connectivity index (χ1) is 9.24. The second kappa shape index (κ2) is 7.58. The van der Waals surface area contributed by atoms with E-state index in [4.69, 9.17) is 0 Å². The Balaban J connectivity index is 1.65. The van der Waals surface area contributed by atoms with Gasteiger partial charge in [0.2, 0.25) is 0 Å². The molecule has 4 heteroatoms. The van der Waals surface area contributed by atoms with E-state index in [1.807, 2.05) is 6.07 Å². The van der Waals surface area contributed by atoms with Crippen LogP contribution in [0.15, 0.2) is 24.3 Å². The number of nitrogens with zero attached hydrogens (tertiary/aromatic N) is 2. The Morgan fingerprint density at radius 1 is 1.26 bits per heavy atom.